The van der Waals surface area contributed by atoms with Gasteiger partial charge < -0.3 is 9.47 Å². The van der Waals surface area contributed by atoms with Gasteiger partial charge in [-0.2, -0.15) is 0 Å². The molecule has 0 aliphatic heterocycles. The van der Waals surface area contributed by atoms with Crippen molar-refractivity contribution in [1.82, 2.24) is 4.90 Å². The molecular formula is C32H39NO3. The average molecular weight is 486 g/mol. The molecule has 0 aliphatic rings. The van der Waals surface area contributed by atoms with Crippen molar-refractivity contribution in [2.45, 2.75) is 46.1 Å². The maximum Gasteiger partial charge on any atom is 0.320 e. The lowest BCUT2D eigenvalue weighted by Crippen LogP contribution is -2.34. The van der Waals surface area contributed by atoms with E-state index in [0.29, 0.717) is 13.2 Å². The number of carbonyl (C=O) groups is 1. The molecule has 3 aromatic carbocycles. The summed E-state index contributed by atoms with van der Waals surface area (Å²) in [6, 6.07) is 29.6. The average Bonchev–Trinajstić information content (AvgIpc) is 2.84. The number of likely N-dealkylation sites (N-methyl/N-ethyl adjacent to an activating group) is 1. The monoisotopic (exact) mass is 485 g/mol. The van der Waals surface area contributed by atoms with E-state index in [1.54, 1.807) is 0 Å². The van der Waals surface area contributed by atoms with Crippen molar-refractivity contribution in [3.63, 3.8) is 0 Å². The van der Waals surface area contributed by atoms with Crippen molar-refractivity contribution < 1.29 is 14.3 Å². The van der Waals surface area contributed by atoms with Crippen molar-refractivity contribution in [1.29, 1.82) is 0 Å². The Morgan fingerprint density at radius 1 is 0.806 bits per heavy atom. The van der Waals surface area contributed by atoms with Crippen molar-refractivity contribution in [2.75, 3.05) is 26.7 Å². The quantitative estimate of drug-likeness (QED) is 0.214. The van der Waals surface area contributed by atoms with Crippen LogP contribution in [0.5, 0.6) is 5.75 Å². The summed E-state index contributed by atoms with van der Waals surface area (Å²) in [6.07, 6.45) is 2.06. The molecule has 36 heavy (non-hydrogen) atoms. The maximum atomic E-state index is 12.0. The second-order valence-corrected chi connectivity index (χ2v) is 10.0. The number of carbonyl (C=O) groups excluding carboxylic acids is 1. The van der Waals surface area contributed by atoms with E-state index in [0.717, 1.165) is 18.6 Å². The molecule has 4 nitrogen and oxygen atoms in total. The first-order chi connectivity index (χ1) is 17.3. The fourth-order valence-corrected chi connectivity index (χ4v) is 4.13. The van der Waals surface area contributed by atoms with Gasteiger partial charge in [0.15, 0.2) is 0 Å². The molecule has 0 aliphatic carbocycles. The Balaban J connectivity index is 1.75. The van der Waals surface area contributed by atoms with Gasteiger partial charge in [0.05, 0.1) is 6.54 Å². The number of hydrogen-bond donors (Lipinski definition) is 0. The van der Waals surface area contributed by atoms with Gasteiger partial charge in [-0.15, -0.1) is 0 Å². The van der Waals surface area contributed by atoms with Crippen molar-refractivity contribution in [2.24, 2.45) is 0 Å². The predicted octanol–water partition coefficient (Wildman–Crippen LogP) is 7.10. The lowest BCUT2D eigenvalue weighted by Gasteiger charge is -2.22. The van der Waals surface area contributed by atoms with Gasteiger partial charge in [0.25, 0.3) is 0 Å². The van der Waals surface area contributed by atoms with E-state index in [-0.39, 0.29) is 12.5 Å². The highest BCUT2D eigenvalue weighted by atomic mass is 16.6. The van der Waals surface area contributed by atoms with Gasteiger partial charge in [0.2, 0.25) is 0 Å². The fourth-order valence-electron chi connectivity index (χ4n) is 4.13. The molecule has 0 saturated heterocycles. The predicted molar refractivity (Wildman–Crippen MR) is 149 cm³/mol. The molecule has 0 saturated carbocycles. The van der Waals surface area contributed by atoms with Crippen LogP contribution in [0, 0.1) is 0 Å². The van der Waals surface area contributed by atoms with E-state index in [1.165, 1.54) is 27.8 Å². The first kappa shape index (κ1) is 27.2. The second-order valence-electron chi connectivity index (χ2n) is 10.0. The Morgan fingerprint density at radius 2 is 1.36 bits per heavy atom. The largest absolute Gasteiger partial charge is 0.492 e. The lowest BCUT2D eigenvalue weighted by atomic mass is 9.87. The minimum atomic E-state index is -0.472. The molecule has 4 heteroatoms. The van der Waals surface area contributed by atoms with E-state index < -0.39 is 5.60 Å². The number of allylic oxidation sites excluding steroid dienone is 1. The molecule has 0 fully saturated rings. The molecule has 0 unspecified atom stereocenters. The van der Waals surface area contributed by atoms with Crippen LogP contribution < -0.4 is 4.74 Å². The van der Waals surface area contributed by atoms with E-state index in [1.807, 2.05) is 44.9 Å². The van der Waals surface area contributed by atoms with E-state index in [4.69, 9.17) is 9.47 Å². The molecule has 3 rings (SSSR count). The van der Waals surface area contributed by atoms with E-state index in [2.05, 4.69) is 79.7 Å². The maximum absolute atomic E-state index is 12.0. The van der Waals surface area contributed by atoms with E-state index >= 15 is 0 Å². The Bertz CT molecular complexity index is 1110. The molecule has 0 atom stereocenters. The van der Waals surface area contributed by atoms with Crippen LogP contribution in [0.2, 0.25) is 0 Å². The van der Waals surface area contributed by atoms with Crippen LogP contribution in [0.1, 0.15) is 57.2 Å². The summed E-state index contributed by atoms with van der Waals surface area (Å²) >= 11 is 0. The van der Waals surface area contributed by atoms with Gasteiger partial charge in [-0.05, 0) is 74.2 Å². The Kier molecular flexibility index (Phi) is 9.89. The van der Waals surface area contributed by atoms with Gasteiger partial charge in [0, 0.05) is 6.54 Å². The minimum Gasteiger partial charge on any atom is -0.492 e. The van der Waals surface area contributed by atoms with Gasteiger partial charge in [0.1, 0.15) is 18.0 Å². The third-order valence-corrected chi connectivity index (χ3v) is 5.69. The molecule has 190 valence electrons. The molecule has 3 aromatic rings. The van der Waals surface area contributed by atoms with Crippen LogP contribution in [0.4, 0.5) is 0 Å². The zero-order valence-corrected chi connectivity index (χ0v) is 22.3. The number of ether oxygens (including phenoxy) is 2. The first-order valence-corrected chi connectivity index (χ1v) is 12.7. The summed E-state index contributed by atoms with van der Waals surface area (Å²) in [5, 5.41) is 0. The molecule has 0 bridgehead atoms. The molecular weight excluding hydrogens is 446 g/mol. The molecule has 0 amide bonds. The van der Waals surface area contributed by atoms with Gasteiger partial charge in [-0.25, -0.2) is 0 Å². The molecule has 0 heterocycles. The van der Waals surface area contributed by atoms with Crippen LogP contribution in [0.3, 0.4) is 0 Å². The number of hydrogen-bond acceptors (Lipinski definition) is 4. The van der Waals surface area contributed by atoms with Crippen LogP contribution in [-0.4, -0.2) is 43.2 Å². The zero-order valence-electron chi connectivity index (χ0n) is 22.3. The summed E-state index contributed by atoms with van der Waals surface area (Å²) in [5.41, 5.74) is 5.77. The molecule has 0 N–H and O–H groups in total. The van der Waals surface area contributed by atoms with E-state index in [9.17, 15) is 4.79 Å². The Morgan fingerprint density at radius 3 is 1.92 bits per heavy atom. The van der Waals surface area contributed by atoms with Gasteiger partial charge in [-0.1, -0.05) is 86.1 Å². The topological polar surface area (TPSA) is 38.8 Å². The number of esters is 1. The highest BCUT2D eigenvalue weighted by molar-refractivity contribution is 5.98. The van der Waals surface area contributed by atoms with Gasteiger partial charge >= 0.3 is 5.97 Å². The van der Waals surface area contributed by atoms with Crippen LogP contribution >= 0.6 is 0 Å². The normalized spacial score (nSPS) is 12.3. The molecule has 0 aromatic heterocycles. The number of benzene rings is 3. The molecule has 0 spiro atoms. The van der Waals surface area contributed by atoms with Crippen molar-refractivity contribution in [3.8, 4) is 5.75 Å². The molecule has 0 radical (unpaired) electrons. The van der Waals surface area contributed by atoms with Crippen LogP contribution in [0.25, 0.3) is 11.1 Å². The zero-order chi connectivity index (χ0) is 26.0. The number of nitrogens with zero attached hydrogens (tertiary/aromatic N) is 1. The third kappa shape index (κ3) is 8.39. The Labute approximate surface area is 216 Å². The SMILES string of the molecule is CCC/C(=C(\c1ccccc1)c1ccc(OCCN(C)CC(=O)OC(C)(C)C)cc1)c1ccccc1. The van der Waals surface area contributed by atoms with Crippen molar-refractivity contribution >= 4 is 17.1 Å². The Hall–Kier alpha value is -3.37. The summed E-state index contributed by atoms with van der Waals surface area (Å²) in [5.74, 6) is 0.587. The fraction of sp³-hybridized carbons (Fsp3) is 0.344. The third-order valence-electron chi connectivity index (χ3n) is 5.69. The second kappa shape index (κ2) is 13.1. The standard InChI is InChI=1S/C32H39NO3/c1-6-13-29(25-14-9-7-10-15-25)31(26-16-11-8-12-17-26)27-18-20-28(21-19-27)35-23-22-33(5)24-30(34)36-32(2,3)4/h7-12,14-21H,6,13,22-24H2,1-5H3/b31-29-. The summed E-state index contributed by atoms with van der Waals surface area (Å²) in [4.78, 5) is 13.9. The van der Waals surface area contributed by atoms with Crippen molar-refractivity contribution in [3.05, 3.63) is 102 Å². The minimum absolute atomic E-state index is 0.226. The highest BCUT2D eigenvalue weighted by Gasteiger charge is 2.17. The highest BCUT2D eigenvalue weighted by Crippen LogP contribution is 2.35. The number of rotatable bonds is 11. The smallest absolute Gasteiger partial charge is 0.320 e. The van der Waals surface area contributed by atoms with Gasteiger partial charge in [-0.3, -0.25) is 9.69 Å². The summed E-state index contributed by atoms with van der Waals surface area (Å²) < 4.78 is 11.4. The summed E-state index contributed by atoms with van der Waals surface area (Å²) in [6.45, 7) is 9.21. The van der Waals surface area contributed by atoms with Crippen LogP contribution in [0.15, 0.2) is 84.9 Å². The lowest BCUT2D eigenvalue weighted by molar-refractivity contribution is -0.155. The van der Waals surface area contributed by atoms with Crippen LogP contribution in [-0.2, 0) is 9.53 Å². The first-order valence-electron chi connectivity index (χ1n) is 12.7. The summed E-state index contributed by atoms with van der Waals surface area (Å²) in [7, 11) is 1.89.